The van der Waals surface area contributed by atoms with E-state index in [4.69, 9.17) is 9.47 Å². The molecule has 0 N–H and O–H groups in total. The number of rotatable bonds is 7. The summed E-state index contributed by atoms with van der Waals surface area (Å²) in [5, 5.41) is 21.6. The summed E-state index contributed by atoms with van der Waals surface area (Å²) in [6.45, 7) is 0.230. The third kappa shape index (κ3) is 4.29. The summed E-state index contributed by atoms with van der Waals surface area (Å²) in [6, 6.07) is 11.8. The molecule has 0 saturated carbocycles. The average molecular weight is 330 g/mol. The third-order valence-electron chi connectivity index (χ3n) is 3.12. The van der Waals surface area contributed by atoms with E-state index in [9.17, 15) is 20.2 Å². The Morgan fingerprint density at radius 1 is 1.08 bits per heavy atom. The zero-order valence-corrected chi connectivity index (χ0v) is 12.7. The summed E-state index contributed by atoms with van der Waals surface area (Å²) < 4.78 is 10.8. The van der Waals surface area contributed by atoms with Crippen LogP contribution < -0.4 is 9.47 Å². The maximum Gasteiger partial charge on any atom is 0.280 e. The number of hydrogen-bond donors (Lipinski definition) is 0. The maximum absolute atomic E-state index is 11.1. The van der Waals surface area contributed by atoms with E-state index >= 15 is 0 Å². The van der Waals surface area contributed by atoms with Crippen LogP contribution in [0.5, 0.6) is 11.5 Å². The standard InChI is InChI=1S/C16H14N2O6/c1-23-15-10-14(18(21)22)13(7-8-17(19)20)9-16(15)24-11-12-5-3-2-4-6-12/h2-10H,11H2,1H3/b8-7+. The minimum atomic E-state index is -0.696. The molecule has 0 aromatic heterocycles. The van der Waals surface area contributed by atoms with E-state index in [0.29, 0.717) is 6.20 Å². The molecule has 0 saturated heterocycles. The van der Waals surface area contributed by atoms with E-state index in [0.717, 1.165) is 11.6 Å². The van der Waals surface area contributed by atoms with Gasteiger partial charge < -0.3 is 9.47 Å². The molecule has 0 spiro atoms. The zero-order valence-electron chi connectivity index (χ0n) is 12.7. The summed E-state index contributed by atoms with van der Waals surface area (Å²) in [5.74, 6) is 0.436. The van der Waals surface area contributed by atoms with Crippen LogP contribution in [0, 0.1) is 20.2 Å². The van der Waals surface area contributed by atoms with Gasteiger partial charge in [-0.05, 0) is 11.6 Å². The monoisotopic (exact) mass is 330 g/mol. The molecular weight excluding hydrogens is 316 g/mol. The molecule has 0 radical (unpaired) electrons. The normalized spacial score (nSPS) is 10.5. The highest BCUT2D eigenvalue weighted by Crippen LogP contribution is 2.35. The van der Waals surface area contributed by atoms with Crippen LogP contribution in [0.25, 0.3) is 6.08 Å². The molecule has 0 amide bonds. The van der Waals surface area contributed by atoms with Crippen molar-refractivity contribution >= 4 is 11.8 Å². The number of nitro groups is 2. The minimum absolute atomic E-state index is 0.0561. The van der Waals surface area contributed by atoms with Crippen LogP contribution in [-0.2, 0) is 6.61 Å². The smallest absolute Gasteiger partial charge is 0.280 e. The number of benzene rings is 2. The van der Waals surface area contributed by atoms with Crippen LogP contribution in [0.2, 0.25) is 0 Å². The first kappa shape index (κ1) is 16.9. The second-order valence-corrected chi connectivity index (χ2v) is 4.69. The molecule has 2 aromatic carbocycles. The Hall–Kier alpha value is -3.42. The predicted octanol–water partition coefficient (Wildman–Crippen LogP) is 3.43. The Bertz CT molecular complexity index is 774. The van der Waals surface area contributed by atoms with Gasteiger partial charge in [-0.25, -0.2) is 0 Å². The Morgan fingerprint density at radius 2 is 1.79 bits per heavy atom. The molecule has 8 nitrogen and oxygen atoms in total. The topological polar surface area (TPSA) is 105 Å². The molecule has 0 aliphatic heterocycles. The van der Waals surface area contributed by atoms with Crippen LogP contribution in [0.15, 0.2) is 48.7 Å². The van der Waals surface area contributed by atoms with E-state index in [2.05, 4.69) is 0 Å². The molecule has 24 heavy (non-hydrogen) atoms. The second kappa shape index (κ2) is 7.73. The maximum atomic E-state index is 11.1. The van der Waals surface area contributed by atoms with Gasteiger partial charge in [-0.1, -0.05) is 30.3 Å². The quantitative estimate of drug-likeness (QED) is 0.569. The van der Waals surface area contributed by atoms with Crippen molar-refractivity contribution < 1.29 is 19.3 Å². The van der Waals surface area contributed by atoms with Gasteiger partial charge in [0.05, 0.1) is 28.6 Å². The van der Waals surface area contributed by atoms with Crippen molar-refractivity contribution in [2.75, 3.05) is 7.11 Å². The average Bonchev–Trinajstić information content (AvgIpc) is 2.58. The summed E-state index contributed by atoms with van der Waals surface area (Å²) in [4.78, 5) is 20.3. The Morgan fingerprint density at radius 3 is 2.38 bits per heavy atom. The first-order valence-electron chi connectivity index (χ1n) is 6.86. The molecule has 2 rings (SSSR count). The molecule has 8 heteroatoms. The first-order valence-corrected chi connectivity index (χ1v) is 6.86. The minimum Gasteiger partial charge on any atom is -0.493 e. The molecular formula is C16H14N2O6. The lowest BCUT2D eigenvalue weighted by Gasteiger charge is -2.12. The van der Waals surface area contributed by atoms with Crippen LogP contribution in [0.4, 0.5) is 5.69 Å². The van der Waals surface area contributed by atoms with E-state index in [-0.39, 0.29) is 29.4 Å². The largest absolute Gasteiger partial charge is 0.493 e. The number of methoxy groups -OCH3 is 1. The molecule has 0 fully saturated rings. The van der Waals surface area contributed by atoms with Gasteiger partial charge in [0.15, 0.2) is 11.5 Å². The lowest BCUT2D eigenvalue weighted by molar-refractivity contribution is -0.401. The molecule has 124 valence electrons. The third-order valence-corrected chi connectivity index (χ3v) is 3.12. The zero-order chi connectivity index (χ0) is 17.5. The fourth-order valence-corrected chi connectivity index (χ4v) is 2.01. The van der Waals surface area contributed by atoms with Gasteiger partial charge in [0.25, 0.3) is 5.69 Å². The Balaban J connectivity index is 2.36. The molecule has 0 atom stereocenters. The fourth-order valence-electron chi connectivity index (χ4n) is 2.01. The van der Waals surface area contributed by atoms with E-state index in [1.807, 2.05) is 30.3 Å². The Kier molecular flexibility index (Phi) is 5.45. The SMILES string of the molecule is COc1cc([N+](=O)[O-])c(/C=C/[N+](=O)[O-])cc1OCc1ccccc1. The van der Waals surface area contributed by atoms with Crippen LogP contribution in [0.3, 0.4) is 0 Å². The highest BCUT2D eigenvalue weighted by molar-refractivity contribution is 5.66. The van der Waals surface area contributed by atoms with Crippen molar-refractivity contribution in [3.05, 3.63) is 80.0 Å². The van der Waals surface area contributed by atoms with Crippen molar-refractivity contribution in [1.29, 1.82) is 0 Å². The van der Waals surface area contributed by atoms with Gasteiger partial charge in [0, 0.05) is 6.08 Å². The molecule has 0 unspecified atom stereocenters. The van der Waals surface area contributed by atoms with Crippen LogP contribution in [0.1, 0.15) is 11.1 Å². The molecule has 0 bridgehead atoms. The lowest BCUT2D eigenvalue weighted by Crippen LogP contribution is -2.00. The van der Waals surface area contributed by atoms with Gasteiger partial charge >= 0.3 is 0 Å². The number of nitro benzene ring substituents is 1. The number of nitrogens with zero attached hydrogens (tertiary/aromatic N) is 2. The Labute approximate surface area is 137 Å². The van der Waals surface area contributed by atoms with Gasteiger partial charge in [-0.15, -0.1) is 0 Å². The highest BCUT2D eigenvalue weighted by Gasteiger charge is 2.19. The summed E-state index contributed by atoms with van der Waals surface area (Å²) >= 11 is 0. The van der Waals surface area contributed by atoms with Crippen molar-refractivity contribution in [3.63, 3.8) is 0 Å². The summed E-state index contributed by atoms with van der Waals surface area (Å²) in [6.07, 6.45) is 1.68. The lowest BCUT2D eigenvalue weighted by atomic mass is 10.1. The summed E-state index contributed by atoms with van der Waals surface area (Å²) in [7, 11) is 1.36. The fraction of sp³-hybridized carbons (Fsp3) is 0.125. The van der Waals surface area contributed by atoms with Gasteiger partial charge in [0.2, 0.25) is 6.20 Å². The van der Waals surface area contributed by atoms with Crippen molar-refractivity contribution in [2.45, 2.75) is 6.61 Å². The predicted molar refractivity (Wildman–Crippen MR) is 86.5 cm³/mol. The van der Waals surface area contributed by atoms with Crippen molar-refractivity contribution in [3.8, 4) is 11.5 Å². The van der Waals surface area contributed by atoms with E-state index in [1.54, 1.807) is 0 Å². The molecule has 0 heterocycles. The van der Waals surface area contributed by atoms with E-state index in [1.165, 1.54) is 19.2 Å². The van der Waals surface area contributed by atoms with Gasteiger partial charge in [-0.2, -0.15) is 0 Å². The van der Waals surface area contributed by atoms with Crippen LogP contribution >= 0.6 is 0 Å². The van der Waals surface area contributed by atoms with Crippen molar-refractivity contribution in [2.24, 2.45) is 0 Å². The molecule has 0 aliphatic rings. The highest BCUT2D eigenvalue weighted by atomic mass is 16.6. The van der Waals surface area contributed by atoms with Crippen LogP contribution in [-0.4, -0.2) is 17.0 Å². The van der Waals surface area contributed by atoms with Gasteiger partial charge in [-0.3, -0.25) is 20.2 Å². The van der Waals surface area contributed by atoms with Gasteiger partial charge in [0.1, 0.15) is 6.61 Å². The van der Waals surface area contributed by atoms with E-state index < -0.39 is 9.85 Å². The molecule has 0 aliphatic carbocycles. The first-order chi connectivity index (χ1) is 11.5. The van der Waals surface area contributed by atoms with Crippen molar-refractivity contribution in [1.82, 2.24) is 0 Å². The molecule has 2 aromatic rings. The number of hydrogen-bond acceptors (Lipinski definition) is 6. The summed E-state index contributed by atoms with van der Waals surface area (Å²) in [5.41, 5.74) is 0.651. The second-order valence-electron chi connectivity index (χ2n) is 4.69. The number of ether oxygens (including phenoxy) is 2.